The van der Waals surface area contributed by atoms with Crippen molar-refractivity contribution in [3.05, 3.63) is 29.3 Å². The summed E-state index contributed by atoms with van der Waals surface area (Å²) in [6, 6.07) is -0.347. The first-order valence-electron chi connectivity index (χ1n) is 14.2. The van der Waals surface area contributed by atoms with E-state index in [0.717, 1.165) is 19.2 Å². The summed E-state index contributed by atoms with van der Waals surface area (Å²) in [6.45, 7) is -3.46. The van der Waals surface area contributed by atoms with E-state index in [0.29, 0.717) is 0 Å². The molecule has 1 saturated heterocycles. The number of likely N-dealkylation sites (N-methyl/N-ethyl adjacent to an activating group) is 1. The molecule has 1 aliphatic heterocycles. The second kappa shape index (κ2) is 4.49. The third-order valence-electron chi connectivity index (χ3n) is 3.74. The fourth-order valence-electron chi connectivity index (χ4n) is 2.71. The van der Waals surface area contributed by atoms with Gasteiger partial charge in [0.25, 0.3) is 0 Å². The molecule has 1 aromatic rings. The van der Waals surface area contributed by atoms with Gasteiger partial charge in [-0.15, -0.1) is 0 Å². The average Bonchev–Trinajstić information content (AvgIpc) is 2.74. The number of piperidine rings is 1. The fraction of sp³-hybridized carbons (Fsp3) is 0.667. The Hall–Kier alpha value is -1.02. The topological polar surface area (TPSA) is 12.5 Å². The summed E-state index contributed by atoms with van der Waals surface area (Å²) >= 11 is 0. The molecule has 0 spiro atoms. The van der Waals surface area contributed by atoms with E-state index in [1.165, 1.54) is 13.2 Å². The Balaban J connectivity index is 2.47. The maximum Gasteiger partial charge on any atom is 0.119 e. The van der Waals surface area contributed by atoms with Gasteiger partial charge in [0.2, 0.25) is 0 Å². The first kappa shape index (κ1) is 4.25. The van der Waals surface area contributed by atoms with Gasteiger partial charge in [0.15, 0.2) is 0 Å². The smallest absolute Gasteiger partial charge is 0.119 e. The third kappa shape index (κ3) is 1.60. The highest BCUT2D eigenvalue weighted by Gasteiger charge is 2.53. The van der Waals surface area contributed by atoms with Gasteiger partial charge in [-0.3, -0.25) is 0 Å². The number of methoxy groups -OCH3 is 1. The zero-order chi connectivity index (χ0) is 28.1. The van der Waals surface area contributed by atoms with Crippen LogP contribution in [-0.4, -0.2) is 31.6 Å². The van der Waals surface area contributed by atoms with Crippen LogP contribution in [0.15, 0.2) is 18.2 Å². The average molecular weight is 288 g/mol. The number of hydrogen-bond acceptors (Lipinski definition) is 2. The predicted molar refractivity (Wildman–Crippen MR) is 81.4 cm³/mol. The first-order chi connectivity index (χ1) is 15.8. The van der Waals surface area contributed by atoms with Crippen molar-refractivity contribution in [2.75, 3.05) is 20.7 Å². The Kier molecular flexibility index (Phi) is 0.955. The number of rotatable bonds is 1. The molecule has 1 heterocycles. The predicted octanol–water partition coefficient (Wildman–Crippen LogP) is 3.38. The van der Waals surface area contributed by atoms with Crippen molar-refractivity contribution in [1.82, 2.24) is 4.90 Å². The number of ether oxygens (including phenoxy) is 1. The van der Waals surface area contributed by atoms with Crippen LogP contribution in [0.25, 0.3) is 0 Å². The zero-order valence-corrected chi connectivity index (χ0v) is 11.1. The van der Waals surface area contributed by atoms with E-state index in [4.69, 9.17) is 23.9 Å². The molecule has 1 saturated carbocycles. The second-order valence-electron chi connectivity index (χ2n) is 4.81. The van der Waals surface area contributed by atoms with Gasteiger partial charge in [0.1, 0.15) is 5.75 Å². The van der Waals surface area contributed by atoms with Crippen molar-refractivity contribution < 1.29 is 26.7 Å². The molecule has 0 aromatic heterocycles. The second-order valence-corrected chi connectivity index (χ2v) is 4.81. The molecule has 4 rings (SSSR count). The lowest BCUT2D eigenvalue weighted by atomic mass is 9.52. The lowest BCUT2D eigenvalue weighted by Gasteiger charge is -2.58. The van der Waals surface area contributed by atoms with Crippen LogP contribution < -0.4 is 4.74 Å². The van der Waals surface area contributed by atoms with Gasteiger partial charge in [-0.05, 0) is 68.2 Å². The minimum Gasteiger partial charge on any atom is -0.497 e. The van der Waals surface area contributed by atoms with Gasteiger partial charge in [-0.2, -0.15) is 0 Å². The van der Waals surface area contributed by atoms with Crippen LogP contribution in [0.4, 0.5) is 0 Å². The molecule has 2 nitrogen and oxygen atoms in total. The Labute approximate surface area is 144 Å². The van der Waals surface area contributed by atoms with Gasteiger partial charge in [-0.25, -0.2) is 0 Å². The molecule has 108 valence electrons. The quantitative estimate of drug-likeness (QED) is 0.785. The Morgan fingerprint density at radius 2 is 2.30 bits per heavy atom. The summed E-state index contributed by atoms with van der Waals surface area (Å²) in [5.41, 5.74) is -4.97. The van der Waals surface area contributed by atoms with Gasteiger partial charge in [0, 0.05) is 33.4 Å². The van der Waals surface area contributed by atoms with Crippen LogP contribution in [0.2, 0.25) is 0 Å². The summed E-state index contributed by atoms with van der Waals surface area (Å²) in [6.07, 6.45) is -22.6. The summed E-state index contributed by atoms with van der Waals surface area (Å²) in [7, 11) is 1.94. The highest BCUT2D eigenvalue weighted by atomic mass is 16.5. The Bertz CT molecular complexity index is 1150. The monoisotopic (exact) mass is 287 g/mol. The normalized spacial score (nSPS) is 72.9. The minimum atomic E-state index is -3.94. The van der Waals surface area contributed by atoms with E-state index in [1.807, 2.05) is 0 Å². The summed E-state index contributed by atoms with van der Waals surface area (Å²) in [4.78, 5) is 0.184. The number of nitrogens with zero attached hydrogens (tertiary/aromatic N) is 1. The van der Waals surface area contributed by atoms with Crippen LogP contribution in [0.5, 0.6) is 5.75 Å². The van der Waals surface area contributed by atoms with Crippen LogP contribution in [-0.2, 0) is 11.8 Å². The lowest BCUT2D eigenvalue weighted by Crippen LogP contribution is -2.59. The maximum absolute atomic E-state index is 9.51. The Morgan fingerprint density at radius 3 is 3.15 bits per heavy atom. The molecule has 2 aliphatic carbocycles. The molecule has 0 unspecified atom stereocenters. The van der Waals surface area contributed by atoms with Crippen LogP contribution in [0.1, 0.15) is 64.9 Å². The number of fused-ring (bicyclic) bond motifs is 1. The number of hydrogen-bond donors (Lipinski definition) is 0. The summed E-state index contributed by atoms with van der Waals surface area (Å²) in [5.74, 6) is -3.93. The van der Waals surface area contributed by atoms with Crippen molar-refractivity contribution in [3.8, 4) is 5.75 Å². The fourth-order valence-corrected chi connectivity index (χ4v) is 2.71. The highest BCUT2D eigenvalue weighted by Crippen LogP contribution is 2.55. The minimum absolute atomic E-state index is 0.125. The lowest BCUT2D eigenvalue weighted by molar-refractivity contribution is 0.00274. The SMILES string of the molecule is [2H]C1([2H])N(C)[C@@]2([2H])C([2H])([2H])c3ccc(OC)cc3[C@]3(C1([2H])[2H])C([2H])([2H])C([2H])([2H])C([2H])([2H])C([2H])([2H])[C@@]32[2H]. The number of likely N-dealkylation sites (tertiary alicyclic amines) is 1. The molecule has 2 heteroatoms. The molecule has 2 fully saturated rings. The first-order valence-corrected chi connectivity index (χ1v) is 6.24. The van der Waals surface area contributed by atoms with Crippen LogP contribution >= 0.6 is 0 Å². The summed E-state index contributed by atoms with van der Waals surface area (Å²) in [5, 5.41) is 0. The standard InChI is InChI=1S/C18H25NO/c1-19-10-9-18-8-4-3-5-15(18)17(19)11-13-6-7-14(20-2)12-16(13)18/h6-7,12,15,17H,3-5,8-11H2,1-2H3/t15-,17+,18+/m1/s1/i3D2,4D2,5D2,8D2,9D2,10D2,11D2,15D,17D. The molecule has 0 amide bonds. The van der Waals surface area contributed by atoms with E-state index in [2.05, 4.69) is 0 Å². The van der Waals surface area contributed by atoms with Gasteiger partial charge in [0.05, 0.1) is 7.11 Å². The molecular formula is C18H25NO. The van der Waals surface area contributed by atoms with Crippen molar-refractivity contribution in [2.24, 2.45) is 5.89 Å². The van der Waals surface area contributed by atoms with Crippen LogP contribution in [0, 0.1) is 5.89 Å². The van der Waals surface area contributed by atoms with Gasteiger partial charge < -0.3 is 9.64 Å². The van der Waals surface area contributed by atoms with Crippen molar-refractivity contribution in [2.45, 2.75) is 49.7 Å². The molecule has 0 radical (unpaired) electrons. The largest absolute Gasteiger partial charge is 0.497 e. The third-order valence-corrected chi connectivity index (χ3v) is 3.74. The number of benzene rings is 1. The maximum atomic E-state index is 9.51. The molecule has 20 heavy (non-hydrogen) atoms. The Morgan fingerprint density at radius 1 is 1.40 bits per heavy atom. The van der Waals surface area contributed by atoms with Crippen LogP contribution in [0.3, 0.4) is 0 Å². The molecule has 1 aromatic carbocycles. The van der Waals surface area contributed by atoms with E-state index in [-0.39, 0.29) is 10.6 Å². The highest BCUT2D eigenvalue weighted by molar-refractivity contribution is 5.45. The van der Waals surface area contributed by atoms with Crippen molar-refractivity contribution >= 4 is 0 Å². The molecule has 3 atom stereocenters. The van der Waals surface area contributed by atoms with E-state index < -0.39 is 73.2 Å². The van der Waals surface area contributed by atoms with Gasteiger partial charge >= 0.3 is 0 Å². The van der Waals surface area contributed by atoms with Crippen molar-refractivity contribution in [3.63, 3.8) is 0 Å². The zero-order valence-electron chi connectivity index (χ0n) is 27.1. The van der Waals surface area contributed by atoms with E-state index >= 15 is 0 Å². The van der Waals surface area contributed by atoms with Crippen molar-refractivity contribution in [1.29, 1.82) is 0 Å². The molecule has 0 N–H and O–H groups in total. The molecule has 2 bridgehead atoms. The van der Waals surface area contributed by atoms with E-state index in [1.54, 1.807) is 0 Å². The van der Waals surface area contributed by atoms with Gasteiger partial charge in [-0.1, -0.05) is 18.8 Å². The van der Waals surface area contributed by atoms with E-state index in [9.17, 15) is 2.74 Å². The molecular weight excluding hydrogens is 246 g/mol. The molecule has 3 aliphatic rings. The summed E-state index contributed by atoms with van der Waals surface area (Å²) < 4.78 is 146.